The van der Waals surface area contributed by atoms with E-state index in [-0.39, 0.29) is 188 Å². The number of aliphatic hydroxyl groups is 4. The van der Waals surface area contributed by atoms with Crippen LogP contribution >= 0.6 is 0 Å². The van der Waals surface area contributed by atoms with Crippen LogP contribution in [0.2, 0.25) is 0 Å². The summed E-state index contributed by atoms with van der Waals surface area (Å²) in [5.74, 6) is -0.102. The first-order valence-corrected chi connectivity index (χ1v) is 6.85. The van der Waals surface area contributed by atoms with Crippen molar-refractivity contribution in [1.29, 1.82) is 0 Å². The molecule has 2 rings (SSSR count). The molecular weight excluding hydrogens is 1180 g/mol. The minimum absolute atomic E-state index is 0. The summed E-state index contributed by atoms with van der Waals surface area (Å²) in [7, 11) is 0. The van der Waals surface area contributed by atoms with E-state index in [1.54, 1.807) is 24.3 Å². The van der Waals surface area contributed by atoms with E-state index in [4.69, 9.17) is 9.84 Å². The maximum absolute atomic E-state index is 11.6. The molecule has 0 amide bonds. The number of benzene rings is 1. The zero-order valence-corrected chi connectivity index (χ0v) is 33.0. The number of Topliss-reactive ketones (excluding diaryl/α,β-unsaturated/α-hetero) is 1. The van der Waals surface area contributed by atoms with Gasteiger partial charge in [0.25, 0.3) is 0 Å². The SMILES string of the molecule is CC(=O)c1ccccc1CC1OC(CO)C(O)C(O)C1O.[Ac].[Ac].[Ac].[Ac]. The van der Waals surface area contributed by atoms with Gasteiger partial charge in [0.15, 0.2) is 5.78 Å². The van der Waals surface area contributed by atoms with Gasteiger partial charge in [-0.2, -0.15) is 0 Å². The fourth-order valence-electron chi connectivity index (χ4n) is 2.61. The second-order valence-corrected chi connectivity index (χ2v) is 5.28. The Morgan fingerprint density at radius 3 is 2.00 bits per heavy atom. The van der Waals surface area contributed by atoms with Crippen molar-refractivity contribution in [2.75, 3.05) is 6.61 Å². The molecule has 0 aliphatic carbocycles. The van der Waals surface area contributed by atoms with Crippen molar-refractivity contribution in [2.24, 2.45) is 0 Å². The Kier molecular flexibility index (Phi) is 23.3. The van der Waals surface area contributed by atoms with Crippen molar-refractivity contribution in [3.05, 3.63) is 35.4 Å². The monoisotopic (exact) mass is 1200 g/mol. The number of hydrogen-bond donors (Lipinski definition) is 4. The number of hydrogen-bond acceptors (Lipinski definition) is 6. The van der Waals surface area contributed by atoms with Crippen molar-refractivity contribution in [3.8, 4) is 0 Å². The second kappa shape index (κ2) is 17.1. The average Bonchev–Trinajstić information content (AvgIpc) is 2.48. The van der Waals surface area contributed by atoms with Gasteiger partial charge in [-0.25, -0.2) is 0 Å². The van der Waals surface area contributed by atoms with Crippen molar-refractivity contribution < 1.29 is 206 Å². The summed E-state index contributed by atoms with van der Waals surface area (Å²) in [4.78, 5) is 11.6. The van der Waals surface area contributed by atoms with Crippen LogP contribution in [0.5, 0.6) is 0 Å². The molecule has 128 valence electrons. The second-order valence-electron chi connectivity index (χ2n) is 5.28. The first-order valence-electron chi connectivity index (χ1n) is 6.85. The predicted octanol–water partition coefficient (Wildman–Crippen LogP) is -0.726. The third-order valence-corrected chi connectivity index (χ3v) is 3.81. The number of ketones is 1. The van der Waals surface area contributed by atoms with Crippen molar-refractivity contribution in [3.63, 3.8) is 0 Å². The van der Waals surface area contributed by atoms with Gasteiger partial charge in [0.05, 0.1) is 12.7 Å². The summed E-state index contributed by atoms with van der Waals surface area (Å²) in [6.07, 6.45) is -5.59. The summed E-state index contributed by atoms with van der Waals surface area (Å²) in [5, 5.41) is 38.7. The Morgan fingerprint density at radius 1 is 0.960 bits per heavy atom. The molecule has 5 atom stereocenters. The van der Waals surface area contributed by atoms with Crippen LogP contribution in [0.25, 0.3) is 0 Å². The van der Waals surface area contributed by atoms with Crippen LogP contribution in [0.1, 0.15) is 22.8 Å². The molecular formula is C15H20Ac4O6. The third kappa shape index (κ3) is 9.64. The van der Waals surface area contributed by atoms with E-state index in [0.29, 0.717) is 11.1 Å². The topological polar surface area (TPSA) is 107 Å². The van der Waals surface area contributed by atoms with E-state index in [2.05, 4.69) is 0 Å². The summed E-state index contributed by atoms with van der Waals surface area (Å²) in [5.41, 5.74) is 1.21. The smallest absolute Gasteiger partial charge is 0.160 e. The molecule has 4 radical (unpaired) electrons. The van der Waals surface area contributed by atoms with Gasteiger partial charge in [0.2, 0.25) is 0 Å². The fourth-order valence-corrected chi connectivity index (χ4v) is 2.61. The molecule has 1 aliphatic heterocycles. The zero-order chi connectivity index (χ0) is 15.6. The zero-order valence-electron chi connectivity index (χ0n) is 14.0. The van der Waals surface area contributed by atoms with Crippen LogP contribution in [-0.2, 0) is 11.2 Å². The van der Waals surface area contributed by atoms with E-state index < -0.39 is 37.1 Å². The van der Waals surface area contributed by atoms with Gasteiger partial charge in [0.1, 0.15) is 24.4 Å². The molecule has 1 saturated heterocycles. The number of aliphatic hydroxyl groups excluding tert-OH is 4. The van der Waals surface area contributed by atoms with Crippen LogP contribution in [-0.4, -0.2) is 63.3 Å². The fraction of sp³-hybridized carbons (Fsp3) is 0.533. The van der Waals surface area contributed by atoms with Crippen LogP contribution in [0.4, 0.5) is 0 Å². The molecule has 5 unspecified atom stereocenters. The van der Waals surface area contributed by atoms with Crippen LogP contribution < -0.4 is 0 Å². The first kappa shape index (κ1) is 34.1. The number of carbonyl (C=O) groups excluding carboxylic acids is 1. The van der Waals surface area contributed by atoms with Gasteiger partial charge in [-0.15, -0.1) is 0 Å². The largest absolute Gasteiger partial charge is 0.394 e. The van der Waals surface area contributed by atoms with Gasteiger partial charge in [0, 0.05) is 188 Å². The summed E-state index contributed by atoms with van der Waals surface area (Å²) < 4.78 is 5.45. The van der Waals surface area contributed by atoms with E-state index in [9.17, 15) is 20.1 Å². The molecule has 25 heavy (non-hydrogen) atoms. The standard InChI is InChI=1S/C15H20O6.4Ac/c1-8(17)10-5-3-2-4-9(10)6-11-13(18)15(20)14(19)12(7-16)21-11;;;;/h2-5,11-16,18-20H,6-7H2,1H3;;;;. The van der Waals surface area contributed by atoms with Gasteiger partial charge in [-0.3, -0.25) is 4.79 Å². The van der Waals surface area contributed by atoms with Gasteiger partial charge < -0.3 is 25.2 Å². The van der Waals surface area contributed by atoms with Gasteiger partial charge in [-0.05, 0) is 12.5 Å². The third-order valence-electron chi connectivity index (χ3n) is 3.81. The van der Waals surface area contributed by atoms with E-state index >= 15 is 0 Å². The Bertz CT molecular complexity index is 517. The maximum atomic E-state index is 11.6. The van der Waals surface area contributed by atoms with Crippen molar-refractivity contribution in [1.82, 2.24) is 0 Å². The summed E-state index contributed by atoms with van der Waals surface area (Å²) in [6.45, 7) is 0.988. The first-order chi connectivity index (χ1) is 9.95. The summed E-state index contributed by atoms with van der Waals surface area (Å²) in [6, 6.07) is 6.94. The molecule has 1 aliphatic rings. The van der Waals surface area contributed by atoms with E-state index in [1.165, 1.54) is 6.92 Å². The predicted molar refractivity (Wildman–Crippen MR) is 73.9 cm³/mol. The van der Waals surface area contributed by atoms with Crippen LogP contribution in [0.15, 0.2) is 24.3 Å². The van der Waals surface area contributed by atoms with Gasteiger partial charge >= 0.3 is 0 Å². The number of carbonyl (C=O) groups is 1. The molecule has 1 heterocycles. The minimum atomic E-state index is -1.40. The quantitative estimate of drug-likeness (QED) is 0.297. The average molecular weight is 1200 g/mol. The van der Waals surface area contributed by atoms with E-state index in [0.717, 1.165) is 0 Å². The Labute approximate surface area is 290 Å². The Morgan fingerprint density at radius 2 is 1.48 bits per heavy atom. The van der Waals surface area contributed by atoms with E-state index in [1.807, 2.05) is 0 Å². The molecule has 4 N–H and O–H groups in total. The molecule has 0 spiro atoms. The van der Waals surface area contributed by atoms with Crippen LogP contribution in [0.3, 0.4) is 0 Å². The van der Waals surface area contributed by atoms with Crippen molar-refractivity contribution in [2.45, 2.75) is 43.9 Å². The minimum Gasteiger partial charge on any atom is -0.394 e. The van der Waals surface area contributed by atoms with Crippen LogP contribution in [0, 0.1) is 176 Å². The number of rotatable bonds is 4. The molecule has 1 aromatic carbocycles. The molecule has 0 saturated carbocycles. The maximum Gasteiger partial charge on any atom is 0.160 e. The molecule has 6 nitrogen and oxygen atoms in total. The molecule has 0 bridgehead atoms. The molecule has 1 aromatic rings. The van der Waals surface area contributed by atoms with Crippen molar-refractivity contribution >= 4 is 5.78 Å². The number of ether oxygens (including phenoxy) is 1. The normalized spacial score (nSPS) is 27.6. The molecule has 10 heteroatoms. The Balaban J connectivity index is -0.00000121. The van der Waals surface area contributed by atoms with Gasteiger partial charge in [-0.1, -0.05) is 24.3 Å². The molecule has 0 aromatic heterocycles. The summed E-state index contributed by atoms with van der Waals surface area (Å²) >= 11 is 0. The Hall–Kier alpha value is 4.46. The molecule has 1 fully saturated rings.